The summed E-state index contributed by atoms with van der Waals surface area (Å²) in [6, 6.07) is 53.0. The third-order valence-electron chi connectivity index (χ3n) is 13.0. The number of halogens is 1. The van der Waals surface area contributed by atoms with Gasteiger partial charge in [-0.2, -0.15) is 0 Å². The fraction of sp³-hybridized carbons (Fsp3) is 0.208. The van der Waals surface area contributed by atoms with Crippen LogP contribution in [0.5, 0.6) is 0 Å². The lowest BCUT2D eigenvalue weighted by Gasteiger charge is -2.60. The smallest absolute Gasteiger partial charge is 0.123 e. The van der Waals surface area contributed by atoms with Crippen molar-refractivity contribution in [3.63, 3.8) is 0 Å². The summed E-state index contributed by atoms with van der Waals surface area (Å²) in [5, 5.41) is 5.11. The first-order valence-electron chi connectivity index (χ1n) is 18.2. The first-order chi connectivity index (χ1) is 24.4. The summed E-state index contributed by atoms with van der Waals surface area (Å²) in [5.74, 6) is -0.150. The molecule has 0 saturated heterocycles. The second-order valence-electron chi connectivity index (χ2n) is 15.4. The zero-order chi connectivity index (χ0) is 33.7. The van der Waals surface area contributed by atoms with Crippen LogP contribution in [0.4, 0.5) is 15.8 Å². The highest BCUT2D eigenvalue weighted by Gasteiger charge is 2.54. The number of rotatable bonds is 3. The van der Waals surface area contributed by atoms with Crippen molar-refractivity contribution >= 4 is 32.9 Å². The second-order valence-corrected chi connectivity index (χ2v) is 15.4. The Morgan fingerprint density at radius 1 is 0.580 bits per heavy atom. The van der Waals surface area contributed by atoms with Crippen LogP contribution < -0.4 is 4.90 Å². The normalized spacial score (nSPS) is 21.8. The molecule has 0 N–H and O–H groups in total. The Kier molecular flexibility index (Phi) is 6.32. The number of hydrogen-bond donors (Lipinski definition) is 0. The van der Waals surface area contributed by atoms with E-state index in [1.807, 2.05) is 6.07 Å². The van der Waals surface area contributed by atoms with Crippen LogP contribution in [0.15, 0.2) is 146 Å². The molecule has 0 spiro atoms. The first-order valence-corrected chi connectivity index (χ1v) is 18.2. The van der Waals surface area contributed by atoms with Gasteiger partial charge in [0.1, 0.15) is 5.82 Å². The lowest BCUT2D eigenvalue weighted by molar-refractivity contribution is 0.0861. The van der Waals surface area contributed by atoms with Crippen LogP contribution in [0.25, 0.3) is 32.7 Å². The molecule has 244 valence electrons. The first kappa shape index (κ1) is 29.7. The van der Waals surface area contributed by atoms with Crippen LogP contribution in [0, 0.1) is 11.2 Å². The van der Waals surface area contributed by atoms with E-state index in [1.54, 1.807) is 12.1 Å². The third kappa shape index (κ3) is 3.88. The highest BCUT2D eigenvalue weighted by molar-refractivity contribution is 6.14. The van der Waals surface area contributed by atoms with Gasteiger partial charge in [0.2, 0.25) is 0 Å². The Morgan fingerprint density at radius 2 is 1.28 bits per heavy atom. The minimum absolute atomic E-state index is 0.0290. The average Bonchev–Trinajstić information content (AvgIpc) is 3.45. The molecule has 0 radical (unpaired) electrons. The molecule has 7 aromatic rings. The largest absolute Gasteiger partial charge is 0.335 e. The van der Waals surface area contributed by atoms with Crippen molar-refractivity contribution in [1.82, 2.24) is 0 Å². The van der Waals surface area contributed by atoms with Crippen molar-refractivity contribution in [3.05, 3.63) is 179 Å². The summed E-state index contributed by atoms with van der Waals surface area (Å²) < 4.78 is 14.9. The van der Waals surface area contributed by atoms with Crippen LogP contribution in [-0.2, 0) is 11.8 Å². The number of fused-ring (bicyclic) bond motifs is 9. The SMILES string of the molecule is CC12CCCCC1(C)N(c1ccc3c(c1)C(c1ccccc1)(c1ccccc1)c1ccc4c(ccc5ccccc54)c1-3)c1ccc(F)cc1C2. The van der Waals surface area contributed by atoms with Gasteiger partial charge in [-0.05, 0) is 122 Å². The van der Waals surface area contributed by atoms with Gasteiger partial charge in [0.15, 0.2) is 0 Å². The molecular weight excluding hydrogens is 610 g/mol. The summed E-state index contributed by atoms with van der Waals surface area (Å²) in [6.45, 7) is 4.92. The summed E-state index contributed by atoms with van der Waals surface area (Å²) in [4.78, 5) is 2.61. The molecule has 7 aromatic carbocycles. The highest BCUT2D eigenvalue weighted by atomic mass is 19.1. The quantitative estimate of drug-likeness (QED) is 0.172. The van der Waals surface area contributed by atoms with Gasteiger partial charge < -0.3 is 4.90 Å². The maximum atomic E-state index is 14.9. The average molecular weight is 650 g/mol. The molecule has 1 heterocycles. The van der Waals surface area contributed by atoms with Crippen LogP contribution in [0.1, 0.15) is 67.3 Å². The van der Waals surface area contributed by atoms with Crippen molar-refractivity contribution in [2.45, 2.75) is 56.9 Å². The second kappa shape index (κ2) is 10.6. The van der Waals surface area contributed by atoms with E-state index in [2.05, 4.69) is 146 Å². The number of nitrogens with zero attached hydrogens (tertiary/aromatic N) is 1. The Balaban J connectivity index is 1.32. The van der Waals surface area contributed by atoms with Gasteiger partial charge in [-0.15, -0.1) is 0 Å². The lowest BCUT2D eigenvalue weighted by atomic mass is 9.57. The Morgan fingerprint density at radius 3 is 2.06 bits per heavy atom. The topological polar surface area (TPSA) is 3.24 Å². The molecule has 1 nitrogen and oxygen atoms in total. The van der Waals surface area contributed by atoms with E-state index in [0.29, 0.717) is 0 Å². The highest BCUT2D eigenvalue weighted by Crippen LogP contribution is 2.61. The minimum Gasteiger partial charge on any atom is -0.335 e. The zero-order valence-corrected chi connectivity index (χ0v) is 28.7. The maximum absolute atomic E-state index is 14.9. The molecule has 0 bridgehead atoms. The predicted molar refractivity (Wildman–Crippen MR) is 206 cm³/mol. The Hall–Kier alpha value is -5.21. The number of benzene rings is 7. The molecule has 0 aromatic heterocycles. The van der Waals surface area contributed by atoms with Gasteiger partial charge >= 0.3 is 0 Å². The van der Waals surface area contributed by atoms with Crippen LogP contribution in [0.2, 0.25) is 0 Å². The summed E-state index contributed by atoms with van der Waals surface area (Å²) in [5.41, 5.74) is 10.6. The summed E-state index contributed by atoms with van der Waals surface area (Å²) in [7, 11) is 0. The van der Waals surface area contributed by atoms with Crippen LogP contribution in [-0.4, -0.2) is 5.54 Å². The Bertz CT molecular complexity index is 2430. The van der Waals surface area contributed by atoms with Crippen LogP contribution >= 0.6 is 0 Å². The number of anilines is 2. The third-order valence-corrected chi connectivity index (χ3v) is 13.0. The lowest BCUT2D eigenvalue weighted by Crippen LogP contribution is -2.60. The Labute approximate surface area is 294 Å². The minimum atomic E-state index is -0.527. The maximum Gasteiger partial charge on any atom is 0.123 e. The monoisotopic (exact) mass is 649 g/mol. The summed E-state index contributed by atoms with van der Waals surface area (Å²) in [6.07, 6.45) is 5.58. The predicted octanol–water partition coefficient (Wildman–Crippen LogP) is 12.5. The van der Waals surface area contributed by atoms with E-state index in [-0.39, 0.29) is 16.8 Å². The molecule has 0 amide bonds. The van der Waals surface area contributed by atoms with E-state index in [4.69, 9.17) is 0 Å². The van der Waals surface area contributed by atoms with Gasteiger partial charge in [-0.25, -0.2) is 4.39 Å². The molecule has 1 aliphatic heterocycles. The van der Waals surface area contributed by atoms with E-state index in [9.17, 15) is 4.39 Å². The number of hydrogen-bond acceptors (Lipinski definition) is 1. The molecule has 50 heavy (non-hydrogen) atoms. The van der Waals surface area contributed by atoms with Crippen molar-refractivity contribution in [1.29, 1.82) is 0 Å². The van der Waals surface area contributed by atoms with Gasteiger partial charge in [-0.1, -0.05) is 135 Å². The molecule has 2 atom stereocenters. The molecular formula is C48H40FN. The van der Waals surface area contributed by atoms with Gasteiger partial charge in [0, 0.05) is 16.9 Å². The van der Waals surface area contributed by atoms with Crippen molar-refractivity contribution in [2.24, 2.45) is 5.41 Å². The zero-order valence-electron chi connectivity index (χ0n) is 28.7. The molecule has 1 saturated carbocycles. The molecule has 2 heteroatoms. The molecule has 1 fully saturated rings. The van der Waals surface area contributed by atoms with E-state index in [0.717, 1.165) is 30.5 Å². The summed E-state index contributed by atoms with van der Waals surface area (Å²) >= 11 is 0. The standard InChI is InChI=1S/C48H40FN/c1-46-27-11-12-28-47(46,2)50(44-26-20-36(49)29-33(44)31-46)37-21-23-41-43(30-37)48(34-14-5-3-6-15-34,35-16-7-4-8-17-35)42-25-24-39-38-18-10-9-13-32(38)19-22-40(39)45(41)42/h3-10,13-26,29-30H,11-12,27-28,31H2,1-2H3. The fourth-order valence-electron chi connectivity index (χ4n) is 10.4. The van der Waals surface area contributed by atoms with Crippen molar-refractivity contribution in [3.8, 4) is 11.1 Å². The van der Waals surface area contributed by atoms with E-state index < -0.39 is 5.41 Å². The van der Waals surface area contributed by atoms with Crippen LogP contribution in [0.3, 0.4) is 0 Å². The fourth-order valence-corrected chi connectivity index (χ4v) is 10.4. The van der Waals surface area contributed by atoms with Crippen molar-refractivity contribution in [2.75, 3.05) is 4.90 Å². The van der Waals surface area contributed by atoms with Gasteiger partial charge in [-0.3, -0.25) is 0 Å². The van der Waals surface area contributed by atoms with E-state index in [1.165, 1.54) is 73.5 Å². The van der Waals surface area contributed by atoms with Crippen molar-refractivity contribution < 1.29 is 4.39 Å². The molecule has 2 unspecified atom stereocenters. The van der Waals surface area contributed by atoms with Gasteiger partial charge in [0.25, 0.3) is 0 Å². The van der Waals surface area contributed by atoms with E-state index >= 15 is 0 Å². The molecule has 10 rings (SSSR count). The van der Waals surface area contributed by atoms with Gasteiger partial charge in [0.05, 0.1) is 5.41 Å². The molecule has 3 aliphatic rings. The molecule has 2 aliphatic carbocycles.